The molecule has 0 aromatic heterocycles. The van der Waals surface area contributed by atoms with Crippen LogP contribution < -0.4 is 0 Å². The molecule has 140 valence electrons. The highest BCUT2D eigenvalue weighted by atomic mass is 16.5. The van der Waals surface area contributed by atoms with E-state index in [1.54, 1.807) is 0 Å². The summed E-state index contributed by atoms with van der Waals surface area (Å²) in [7, 11) is 0. The largest absolute Gasteiger partial charge is 0.498 e. The standard InChI is InChI=1S/C22H28O4/c1-3-25-17-8-5-12(21(24)26-4-2)18-14(17)11-13-15-6-7-16(19(18)20(13)23)22(15)9-10-22/h6-7,12-13,15-16,18-19H,3-5,8-11H2,1-2H3/t12-,13+,15+,16-,18-,19-/m0/s1. The zero-order valence-corrected chi connectivity index (χ0v) is 15.7. The topological polar surface area (TPSA) is 52.6 Å². The molecule has 0 N–H and O–H groups in total. The fourth-order valence-electron chi connectivity index (χ4n) is 6.76. The van der Waals surface area contributed by atoms with Crippen LogP contribution in [0.1, 0.15) is 46.0 Å². The zero-order chi connectivity index (χ0) is 18.1. The SMILES string of the molecule is CCOC(=O)[C@H]1CCC(OCC)=C2C[C@H]3C(=O)[C@H]([C@H]21)[C@@H]1C=C[C@H]3C12CC2. The van der Waals surface area contributed by atoms with Gasteiger partial charge in [-0.3, -0.25) is 9.59 Å². The maximum atomic E-state index is 13.4. The van der Waals surface area contributed by atoms with Crippen LogP contribution in [0.5, 0.6) is 0 Å². The Balaban J connectivity index is 1.60. The van der Waals surface area contributed by atoms with E-state index in [1.807, 2.05) is 13.8 Å². The van der Waals surface area contributed by atoms with E-state index in [0.29, 0.717) is 36.2 Å². The molecule has 5 aliphatic carbocycles. The van der Waals surface area contributed by atoms with E-state index in [-0.39, 0.29) is 29.6 Å². The first-order chi connectivity index (χ1) is 12.6. The van der Waals surface area contributed by atoms with Crippen molar-refractivity contribution < 1.29 is 19.1 Å². The monoisotopic (exact) mass is 356 g/mol. The van der Waals surface area contributed by atoms with Crippen molar-refractivity contribution in [1.29, 1.82) is 0 Å². The Hall–Kier alpha value is -1.58. The average molecular weight is 356 g/mol. The number of allylic oxidation sites excluding steroid dienone is 4. The Labute approximate surface area is 155 Å². The van der Waals surface area contributed by atoms with Crippen molar-refractivity contribution in [3.8, 4) is 0 Å². The van der Waals surface area contributed by atoms with Crippen molar-refractivity contribution >= 4 is 11.8 Å². The Bertz CT molecular complexity index is 714. The first-order valence-corrected chi connectivity index (χ1v) is 10.4. The average Bonchev–Trinajstić information content (AvgIpc) is 3.33. The fraction of sp³-hybridized carbons (Fsp3) is 0.727. The third-order valence-electron chi connectivity index (χ3n) is 7.81. The lowest BCUT2D eigenvalue weighted by molar-refractivity contribution is -0.155. The molecule has 5 rings (SSSR count). The first-order valence-electron chi connectivity index (χ1n) is 10.4. The molecule has 0 aromatic carbocycles. The second-order valence-corrected chi connectivity index (χ2v) is 8.71. The van der Waals surface area contributed by atoms with Gasteiger partial charge in [-0.25, -0.2) is 0 Å². The third kappa shape index (κ3) is 2.02. The molecule has 0 heterocycles. The molecule has 4 bridgehead atoms. The van der Waals surface area contributed by atoms with Gasteiger partial charge in [0.25, 0.3) is 0 Å². The summed E-state index contributed by atoms with van der Waals surface area (Å²) in [4.78, 5) is 26.1. The minimum Gasteiger partial charge on any atom is -0.498 e. The van der Waals surface area contributed by atoms with Crippen molar-refractivity contribution in [2.45, 2.75) is 46.0 Å². The van der Waals surface area contributed by atoms with E-state index in [4.69, 9.17) is 9.47 Å². The van der Waals surface area contributed by atoms with E-state index in [2.05, 4.69) is 12.2 Å². The van der Waals surface area contributed by atoms with Crippen LogP contribution in [0.25, 0.3) is 0 Å². The summed E-state index contributed by atoms with van der Waals surface area (Å²) in [6.07, 6.45) is 9.45. The number of hydrogen-bond donors (Lipinski definition) is 0. The molecule has 0 aromatic rings. The maximum absolute atomic E-state index is 13.4. The van der Waals surface area contributed by atoms with E-state index in [9.17, 15) is 9.59 Å². The van der Waals surface area contributed by atoms with Gasteiger partial charge in [-0.2, -0.15) is 0 Å². The molecule has 0 saturated heterocycles. The molecule has 5 aliphatic rings. The Kier molecular flexibility index (Phi) is 3.64. The number of ether oxygens (including phenoxy) is 2. The zero-order valence-electron chi connectivity index (χ0n) is 15.7. The summed E-state index contributed by atoms with van der Waals surface area (Å²) in [5.74, 6) is 1.92. The minimum absolute atomic E-state index is 0.0146. The third-order valence-corrected chi connectivity index (χ3v) is 7.81. The molecule has 6 atom stereocenters. The molecule has 3 fully saturated rings. The number of esters is 1. The van der Waals surface area contributed by atoms with Gasteiger partial charge in [0.1, 0.15) is 5.78 Å². The Morgan fingerprint density at radius 3 is 2.62 bits per heavy atom. The van der Waals surface area contributed by atoms with Gasteiger partial charge in [0.05, 0.1) is 24.9 Å². The quantitative estimate of drug-likeness (QED) is 0.570. The summed E-state index contributed by atoms with van der Waals surface area (Å²) in [5, 5.41) is 0. The van der Waals surface area contributed by atoms with Crippen LogP contribution in [0.15, 0.2) is 23.5 Å². The van der Waals surface area contributed by atoms with Crippen molar-refractivity contribution in [2.75, 3.05) is 13.2 Å². The van der Waals surface area contributed by atoms with Crippen LogP contribution in [0, 0.1) is 40.9 Å². The van der Waals surface area contributed by atoms with Gasteiger partial charge in [-0.1, -0.05) is 12.2 Å². The second kappa shape index (κ2) is 5.71. The number of rotatable bonds is 4. The van der Waals surface area contributed by atoms with Crippen molar-refractivity contribution in [3.63, 3.8) is 0 Å². The Morgan fingerprint density at radius 1 is 1.15 bits per heavy atom. The summed E-state index contributed by atoms with van der Waals surface area (Å²) < 4.78 is 11.4. The molecular formula is C22H28O4. The summed E-state index contributed by atoms with van der Waals surface area (Å²) >= 11 is 0. The molecule has 4 heteroatoms. The Morgan fingerprint density at radius 2 is 1.92 bits per heavy atom. The number of fused-ring (bicyclic) bond motifs is 6. The van der Waals surface area contributed by atoms with E-state index < -0.39 is 0 Å². The predicted molar refractivity (Wildman–Crippen MR) is 95.9 cm³/mol. The van der Waals surface area contributed by atoms with Crippen molar-refractivity contribution in [3.05, 3.63) is 23.5 Å². The summed E-state index contributed by atoms with van der Waals surface area (Å²) in [5.41, 5.74) is 1.59. The van der Waals surface area contributed by atoms with E-state index in [0.717, 1.165) is 25.0 Å². The number of Topliss-reactive ketones (excluding diaryl/α,β-unsaturated/α-hetero) is 1. The van der Waals surface area contributed by atoms with Gasteiger partial charge in [0.2, 0.25) is 0 Å². The number of carbonyl (C=O) groups excluding carboxylic acids is 2. The molecule has 1 spiro atoms. The highest BCUT2D eigenvalue weighted by Gasteiger charge is 2.69. The molecular weight excluding hydrogens is 328 g/mol. The van der Waals surface area contributed by atoms with Gasteiger partial charge >= 0.3 is 5.97 Å². The van der Waals surface area contributed by atoms with Crippen LogP contribution in [0.2, 0.25) is 0 Å². The molecule has 0 aliphatic heterocycles. The number of carbonyl (C=O) groups is 2. The van der Waals surface area contributed by atoms with Gasteiger partial charge in [-0.05, 0) is 62.4 Å². The predicted octanol–water partition coefficient (Wildman–Crippen LogP) is 3.67. The lowest BCUT2D eigenvalue weighted by Gasteiger charge is -2.52. The van der Waals surface area contributed by atoms with Crippen LogP contribution in [-0.2, 0) is 19.1 Å². The van der Waals surface area contributed by atoms with Gasteiger partial charge in [-0.15, -0.1) is 0 Å². The van der Waals surface area contributed by atoms with Crippen LogP contribution in [0.4, 0.5) is 0 Å². The summed E-state index contributed by atoms with van der Waals surface area (Å²) in [6, 6.07) is 0. The smallest absolute Gasteiger partial charge is 0.309 e. The lowest BCUT2D eigenvalue weighted by atomic mass is 9.50. The maximum Gasteiger partial charge on any atom is 0.309 e. The van der Waals surface area contributed by atoms with Crippen molar-refractivity contribution in [1.82, 2.24) is 0 Å². The lowest BCUT2D eigenvalue weighted by Crippen LogP contribution is -2.54. The van der Waals surface area contributed by atoms with Crippen LogP contribution in [0.3, 0.4) is 0 Å². The van der Waals surface area contributed by atoms with Crippen molar-refractivity contribution in [2.24, 2.45) is 40.9 Å². The van der Waals surface area contributed by atoms with Crippen LogP contribution in [-0.4, -0.2) is 25.0 Å². The van der Waals surface area contributed by atoms with Gasteiger partial charge < -0.3 is 9.47 Å². The number of ketones is 1. The molecule has 0 radical (unpaired) electrons. The highest BCUT2D eigenvalue weighted by molar-refractivity contribution is 5.90. The number of hydrogen-bond acceptors (Lipinski definition) is 4. The van der Waals surface area contributed by atoms with E-state index >= 15 is 0 Å². The molecule has 26 heavy (non-hydrogen) atoms. The highest BCUT2D eigenvalue weighted by Crippen LogP contribution is 2.72. The molecule has 3 saturated carbocycles. The van der Waals surface area contributed by atoms with E-state index in [1.165, 1.54) is 18.4 Å². The van der Waals surface area contributed by atoms with Gasteiger partial charge in [0, 0.05) is 24.2 Å². The minimum atomic E-state index is -0.189. The second-order valence-electron chi connectivity index (χ2n) is 8.71. The van der Waals surface area contributed by atoms with Crippen LogP contribution >= 0.6 is 0 Å². The normalized spacial score (nSPS) is 41.2. The fourth-order valence-corrected chi connectivity index (χ4v) is 6.76. The summed E-state index contributed by atoms with van der Waals surface area (Å²) in [6.45, 7) is 4.92. The first kappa shape index (κ1) is 16.6. The molecule has 0 unspecified atom stereocenters. The van der Waals surface area contributed by atoms with Gasteiger partial charge in [0.15, 0.2) is 0 Å². The molecule has 4 nitrogen and oxygen atoms in total. The molecule has 0 amide bonds.